The van der Waals surface area contributed by atoms with Crippen LogP contribution in [0.3, 0.4) is 0 Å². The van der Waals surface area contributed by atoms with Crippen LogP contribution < -0.4 is 10.6 Å². The third-order valence-electron chi connectivity index (χ3n) is 3.10. The summed E-state index contributed by atoms with van der Waals surface area (Å²) >= 11 is 0. The van der Waals surface area contributed by atoms with Crippen LogP contribution in [-0.4, -0.2) is 18.6 Å². The van der Waals surface area contributed by atoms with E-state index in [1.54, 1.807) is 0 Å². The van der Waals surface area contributed by atoms with Gasteiger partial charge in [0.15, 0.2) is 0 Å². The number of halogens is 4. The lowest BCUT2D eigenvalue weighted by atomic mass is 10.0. The van der Waals surface area contributed by atoms with Crippen LogP contribution in [0.2, 0.25) is 0 Å². The molecule has 0 amide bonds. The molecule has 1 fully saturated rings. The molecule has 6 heteroatoms. The Morgan fingerprint density at radius 2 is 2.06 bits per heavy atom. The van der Waals surface area contributed by atoms with E-state index in [1.807, 2.05) is 6.92 Å². The molecule has 1 aliphatic heterocycles. The lowest BCUT2D eigenvalue weighted by molar-refractivity contribution is -0.137. The van der Waals surface area contributed by atoms with Gasteiger partial charge in [-0.05, 0) is 38.1 Å². The zero-order valence-electron chi connectivity index (χ0n) is 9.87. The van der Waals surface area contributed by atoms with E-state index < -0.39 is 17.6 Å². The van der Waals surface area contributed by atoms with Crippen molar-refractivity contribution in [1.82, 2.24) is 5.32 Å². The van der Waals surface area contributed by atoms with Crippen LogP contribution >= 0.6 is 0 Å². The Bertz CT molecular complexity index is 436. The molecule has 0 saturated carbocycles. The second-order valence-electron chi connectivity index (χ2n) is 4.80. The molecule has 0 bridgehead atoms. The second-order valence-corrected chi connectivity index (χ2v) is 4.80. The van der Waals surface area contributed by atoms with Gasteiger partial charge in [-0.25, -0.2) is 4.39 Å². The molecule has 18 heavy (non-hydrogen) atoms. The van der Waals surface area contributed by atoms with Crippen molar-refractivity contribution in [3.8, 4) is 0 Å². The summed E-state index contributed by atoms with van der Waals surface area (Å²) in [7, 11) is 0. The maximum atomic E-state index is 13.6. The molecule has 2 rings (SSSR count). The van der Waals surface area contributed by atoms with Crippen LogP contribution in [0, 0.1) is 5.82 Å². The van der Waals surface area contributed by atoms with Gasteiger partial charge >= 0.3 is 6.18 Å². The topological polar surface area (TPSA) is 24.1 Å². The van der Waals surface area contributed by atoms with E-state index in [4.69, 9.17) is 0 Å². The van der Waals surface area contributed by atoms with Crippen LogP contribution in [0.5, 0.6) is 0 Å². The molecule has 1 aliphatic rings. The Labute approximate surface area is 102 Å². The predicted molar refractivity (Wildman–Crippen MR) is 60.9 cm³/mol. The van der Waals surface area contributed by atoms with Crippen molar-refractivity contribution < 1.29 is 17.6 Å². The molecule has 1 atom stereocenters. The Morgan fingerprint density at radius 3 is 2.56 bits per heavy atom. The quantitative estimate of drug-likeness (QED) is 0.801. The van der Waals surface area contributed by atoms with Gasteiger partial charge in [-0.15, -0.1) is 0 Å². The highest BCUT2D eigenvalue weighted by molar-refractivity contribution is 5.49. The number of nitrogens with one attached hydrogen (secondary N) is 2. The van der Waals surface area contributed by atoms with E-state index in [-0.39, 0.29) is 11.2 Å². The maximum absolute atomic E-state index is 13.6. The van der Waals surface area contributed by atoms with Crippen LogP contribution in [0.15, 0.2) is 18.2 Å². The van der Waals surface area contributed by atoms with E-state index in [2.05, 4.69) is 10.6 Å². The molecular weight excluding hydrogens is 248 g/mol. The van der Waals surface area contributed by atoms with Crippen LogP contribution in [0.1, 0.15) is 18.9 Å². The van der Waals surface area contributed by atoms with Gasteiger partial charge in [-0.2, -0.15) is 13.2 Å². The first kappa shape index (κ1) is 13.1. The summed E-state index contributed by atoms with van der Waals surface area (Å²) in [5.41, 5.74) is -1.19. The lowest BCUT2D eigenvalue weighted by Gasteiger charge is -2.26. The van der Waals surface area contributed by atoms with E-state index >= 15 is 0 Å². The van der Waals surface area contributed by atoms with Crippen molar-refractivity contribution in [2.45, 2.75) is 25.1 Å². The SMILES string of the molecule is CC1(Nc2ccc(C(F)(F)F)cc2F)CCNC1. The van der Waals surface area contributed by atoms with Crippen molar-refractivity contribution in [2.24, 2.45) is 0 Å². The van der Waals surface area contributed by atoms with E-state index in [1.165, 1.54) is 0 Å². The van der Waals surface area contributed by atoms with Gasteiger partial charge in [0, 0.05) is 12.1 Å². The summed E-state index contributed by atoms with van der Waals surface area (Å²) in [6.07, 6.45) is -3.72. The van der Waals surface area contributed by atoms with Gasteiger partial charge in [0.2, 0.25) is 0 Å². The van der Waals surface area contributed by atoms with Crippen LogP contribution in [0.4, 0.5) is 23.2 Å². The van der Waals surface area contributed by atoms with Crippen molar-refractivity contribution in [3.05, 3.63) is 29.6 Å². The minimum Gasteiger partial charge on any atom is -0.376 e. The largest absolute Gasteiger partial charge is 0.416 e. The van der Waals surface area contributed by atoms with E-state index in [9.17, 15) is 17.6 Å². The first-order chi connectivity index (χ1) is 8.30. The molecule has 2 N–H and O–H groups in total. The average Bonchev–Trinajstić information content (AvgIpc) is 2.67. The summed E-state index contributed by atoms with van der Waals surface area (Å²) in [6.45, 7) is 3.38. The zero-order chi connectivity index (χ0) is 13.4. The summed E-state index contributed by atoms with van der Waals surface area (Å²) in [6, 6.07) is 2.55. The van der Waals surface area contributed by atoms with Gasteiger partial charge < -0.3 is 10.6 Å². The molecule has 2 nitrogen and oxygen atoms in total. The highest BCUT2D eigenvalue weighted by Crippen LogP contribution is 2.32. The van der Waals surface area contributed by atoms with Crippen molar-refractivity contribution >= 4 is 5.69 Å². The molecular formula is C12H14F4N2. The molecule has 1 aromatic rings. The summed E-state index contributed by atoms with van der Waals surface area (Å²) in [4.78, 5) is 0. The fraction of sp³-hybridized carbons (Fsp3) is 0.500. The third kappa shape index (κ3) is 2.75. The van der Waals surface area contributed by atoms with Gasteiger partial charge in [0.05, 0.1) is 11.3 Å². The van der Waals surface area contributed by atoms with E-state index in [0.717, 1.165) is 25.1 Å². The molecule has 100 valence electrons. The highest BCUT2D eigenvalue weighted by Gasteiger charge is 2.32. The minimum absolute atomic E-state index is 0.106. The van der Waals surface area contributed by atoms with Gasteiger partial charge in [-0.3, -0.25) is 0 Å². The first-order valence-electron chi connectivity index (χ1n) is 5.66. The van der Waals surface area contributed by atoms with Crippen molar-refractivity contribution in [3.63, 3.8) is 0 Å². The van der Waals surface area contributed by atoms with Gasteiger partial charge in [-0.1, -0.05) is 0 Å². The standard InChI is InChI=1S/C12H14F4N2/c1-11(4-5-17-7-11)18-10-3-2-8(6-9(10)13)12(14,15)16/h2-3,6,17-18H,4-5,7H2,1H3. The summed E-state index contributed by atoms with van der Waals surface area (Å²) in [5.74, 6) is -0.877. The van der Waals surface area contributed by atoms with Gasteiger partial charge in [0.25, 0.3) is 0 Å². The molecule has 1 saturated heterocycles. The normalized spacial score (nSPS) is 24.3. The monoisotopic (exact) mass is 262 g/mol. The molecule has 0 spiro atoms. The predicted octanol–water partition coefficient (Wildman–Crippen LogP) is 3.01. The Hall–Kier alpha value is -1.30. The molecule has 0 aliphatic carbocycles. The fourth-order valence-electron chi connectivity index (χ4n) is 2.04. The zero-order valence-corrected chi connectivity index (χ0v) is 9.87. The van der Waals surface area contributed by atoms with Crippen molar-refractivity contribution in [2.75, 3.05) is 18.4 Å². The highest BCUT2D eigenvalue weighted by atomic mass is 19.4. The van der Waals surface area contributed by atoms with E-state index in [0.29, 0.717) is 12.6 Å². The Balaban J connectivity index is 2.20. The van der Waals surface area contributed by atoms with Crippen LogP contribution in [0.25, 0.3) is 0 Å². The van der Waals surface area contributed by atoms with Crippen molar-refractivity contribution in [1.29, 1.82) is 0 Å². The maximum Gasteiger partial charge on any atom is 0.416 e. The second kappa shape index (κ2) is 4.42. The summed E-state index contributed by atoms with van der Waals surface area (Å²) in [5, 5.41) is 6.08. The number of alkyl halides is 3. The Morgan fingerprint density at radius 1 is 1.33 bits per heavy atom. The van der Waals surface area contributed by atoms with Crippen LogP contribution in [-0.2, 0) is 6.18 Å². The fourth-order valence-corrected chi connectivity index (χ4v) is 2.04. The smallest absolute Gasteiger partial charge is 0.376 e. The molecule has 0 aromatic heterocycles. The first-order valence-corrected chi connectivity index (χ1v) is 5.66. The summed E-state index contributed by atoms with van der Waals surface area (Å²) < 4.78 is 50.8. The Kier molecular flexibility index (Phi) is 3.23. The number of hydrogen-bond donors (Lipinski definition) is 2. The number of hydrogen-bond acceptors (Lipinski definition) is 2. The molecule has 1 heterocycles. The molecule has 1 aromatic carbocycles. The minimum atomic E-state index is -4.52. The number of rotatable bonds is 2. The number of benzene rings is 1. The molecule has 1 unspecified atom stereocenters. The van der Waals surface area contributed by atoms with Gasteiger partial charge in [0.1, 0.15) is 5.82 Å². The number of anilines is 1. The average molecular weight is 262 g/mol. The molecule has 0 radical (unpaired) electrons. The third-order valence-corrected chi connectivity index (χ3v) is 3.10. The lowest BCUT2D eigenvalue weighted by Crippen LogP contribution is -2.37.